The molecule has 3 heterocycles. The molecule has 0 radical (unpaired) electrons. The molecule has 4 rings (SSSR count). The third-order valence-electron chi connectivity index (χ3n) is 4.69. The van der Waals surface area contributed by atoms with Crippen LogP contribution in [0, 0.1) is 5.21 Å². The number of rotatable bonds is 6. The van der Waals surface area contributed by atoms with Crippen LogP contribution in [0.1, 0.15) is 11.8 Å². The van der Waals surface area contributed by atoms with Gasteiger partial charge in [0.1, 0.15) is 35.2 Å². The van der Waals surface area contributed by atoms with Crippen molar-refractivity contribution < 1.29 is 30.5 Å². The van der Waals surface area contributed by atoms with Crippen molar-refractivity contribution in [3.63, 3.8) is 0 Å². The van der Waals surface area contributed by atoms with Crippen molar-refractivity contribution in [2.24, 2.45) is 0 Å². The standard InChI is InChI=1S/C17H19N5O6S/c23-5-11-13(24)14(25)17(28-11)21-8-20-12-15(21)18-7-19-16(12)29-6-9-1-3-10(4-2-9)22(26)27/h1-4,7-8,11,13-14,17,22-26H,5-6H2. The summed E-state index contributed by atoms with van der Waals surface area (Å²) < 4.78 is 7.05. The van der Waals surface area contributed by atoms with Gasteiger partial charge in [0.05, 0.1) is 12.9 Å². The molecule has 0 amide bonds. The van der Waals surface area contributed by atoms with Gasteiger partial charge in [-0.25, -0.2) is 20.2 Å². The Morgan fingerprint density at radius 1 is 1.14 bits per heavy atom. The summed E-state index contributed by atoms with van der Waals surface area (Å²) in [7, 11) is 0. The van der Waals surface area contributed by atoms with E-state index in [1.165, 1.54) is 29.0 Å². The second-order valence-corrected chi connectivity index (χ2v) is 7.49. The zero-order valence-corrected chi connectivity index (χ0v) is 15.8. The van der Waals surface area contributed by atoms with Gasteiger partial charge < -0.3 is 25.3 Å². The van der Waals surface area contributed by atoms with Crippen LogP contribution < -0.4 is 5.23 Å². The largest absolute Gasteiger partial charge is 0.595 e. The topological polar surface area (TPSA) is 161 Å². The van der Waals surface area contributed by atoms with Crippen LogP contribution in [-0.4, -0.2) is 65.0 Å². The predicted octanol–water partition coefficient (Wildman–Crippen LogP) is -0.867. The Bertz CT molecular complexity index is 984. The summed E-state index contributed by atoms with van der Waals surface area (Å²) in [6, 6.07) is 6.58. The summed E-state index contributed by atoms with van der Waals surface area (Å²) in [5.74, 6) is 0.548. The molecule has 1 aliphatic rings. The molecule has 0 saturated carbocycles. The number of fused-ring (bicyclic) bond motifs is 1. The number of imidazole rings is 1. The van der Waals surface area contributed by atoms with Gasteiger partial charge in [-0.05, 0) is 5.56 Å². The summed E-state index contributed by atoms with van der Waals surface area (Å²) in [6.07, 6.45) is -1.45. The number of aliphatic hydroxyl groups is 3. The van der Waals surface area contributed by atoms with E-state index in [2.05, 4.69) is 15.0 Å². The Labute approximate surface area is 168 Å². The Morgan fingerprint density at radius 3 is 2.55 bits per heavy atom. The maximum absolute atomic E-state index is 10.9. The van der Waals surface area contributed by atoms with Crippen LogP contribution in [0.25, 0.3) is 11.2 Å². The van der Waals surface area contributed by atoms with Gasteiger partial charge in [0, 0.05) is 17.9 Å². The van der Waals surface area contributed by atoms with Crippen molar-refractivity contribution in [1.82, 2.24) is 19.5 Å². The van der Waals surface area contributed by atoms with Gasteiger partial charge in [0.25, 0.3) is 0 Å². The predicted molar refractivity (Wildman–Crippen MR) is 100 cm³/mol. The molecule has 154 valence electrons. The van der Waals surface area contributed by atoms with E-state index in [1.54, 1.807) is 24.3 Å². The highest BCUT2D eigenvalue weighted by Crippen LogP contribution is 2.33. The second kappa shape index (κ2) is 8.30. The van der Waals surface area contributed by atoms with Crippen LogP contribution in [0.3, 0.4) is 0 Å². The number of hydrogen-bond donors (Lipinski definition) is 5. The van der Waals surface area contributed by atoms with Crippen LogP contribution >= 0.6 is 11.8 Å². The third-order valence-corrected chi connectivity index (χ3v) is 5.74. The number of aromatic nitrogens is 4. The van der Waals surface area contributed by atoms with E-state index < -0.39 is 36.4 Å². The van der Waals surface area contributed by atoms with Crippen LogP contribution in [0.15, 0.2) is 41.9 Å². The minimum atomic E-state index is -1.23. The van der Waals surface area contributed by atoms with Crippen LogP contribution in [-0.2, 0) is 10.5 Å². The normalized spacial score (nSPS) is 25.6. The maximum atomic E-state index is 10.9. The number of nitrogens with one attached hydrogen (secondary N) is 1. The van der Waals surface area contributed by atoms with Crippen molar-refractivity contribution in [2.75, 3.05) is 6.61 Å². The molecule has 5 N–H and O–H groups in total. The van der Waals surface area contributed by atoms with E-state index in [9.17, 15) is 20.5 Å². The average Bonchev–Trinajstić information content (AvgIpc) is 3.28. The van der Waals surface area contributed by atoms with Crippen LogP contribution in [0.4, 0.5) is 5.69 Å². The van der Waals surface area contributed by atoms with E-state index in [0.29, 0.717) is 21.9 Å². The number of hydrogen-bond acceptors (Lipinski definition) is 10. The number of quaternary nitrogens is 1. The molecule has 1 fully saturated rings. The molecule has 0 bridgehead atoms. The first-order valence-electron chi connectivity index (χ1n) is 8.74. The molecule has 1 saturated heterocycles. The van der Waals surface area contributed by atoms with E-state index in [1.807, 2.05) is 0 Å². The van der Waals surface area contributed by atoms with Gasteiger partial charge in [0.15, 0.2) is 17.6 Å². The summed E-state index contributed by atoms with van der Waals surface area (Å²) in [5, 5.41) is 49.0. The molecule has 11 nitrogen and oxygen atoms in total. The monoisotopic (exact) mass is 421 g/mol. The lowest BCUT2D eigenvalue weighted by Crippen LogP contribution is -2.99. The highest BCUT2D eigenvalue weighted by Gasteiger charge is 2.44. The second-order valence-electron chi connectivity index (χ2n) is 6.52. The smallest absolute Gasteiger partial charge is 0.166 e. The Hall–Kier alpha value is -2.16. The lowest BCUT2D eigenvalue weighted by Gasteiger charge is -2.16. The van der Waals surface area contributed by atoms with Gasteiger partial charge >= 0.3 is 0 Å². The lowest BCUT2D eigenvalue weighted by atomic mass is 10.1. The summed E-state index contributed by atoms with van der Waals surface area (Å²) in [4.78, 5) is 12.8. The molecule has 29 heavy (non-hydrogen) atoms. The fraction of sp³-hybridized carbons (Fsp3) is 0.353. The summed E-state index contributed by atoms with van der Waals surface area (Å²) >= 11 is 1.41. The molecule has 5 atom stereocenters. The quantitative estimate of drug-likeness (QED) is 0.192. The Balaban J connectivity index is 1.55. The fourth-order valence-electron chi connectivity index (χ4n) is 3.13. The van der Waals surface area contributed by atoms with Crippen molar-refractivity contribution in [3.05, 3.63) is 47.7 Å². The maximum Gasteiger partial charge on any atom is 0.166 e. The zero-order valence-electron chi connectivity index (χ0n) is 15.0. The number of benzene rings is 1. The highest BCUT2D eigenvalue weighted by atomic mass is 32.2. The highest BCUT2D eigenvalue weighted by molar-refractivity contribution is 7.98. The van der Waals surface area contributed by atoms with Crippen molar-refractivity contribution in [2.45, 2.75) is 35.3 Å². The molecule has 12 heteroatoms. The van der Waals surface area contributed by atoms with Crippen LogP contribution in [0.5, 0.6) is 0 Å². The molecule has 1 aromatic carbocycles. The first-order chi connectivity index (χ1) is 14.0. The minimum Gasteiger partial charge on any atom is -0.595 e. The van der Waals surface area contributed by atoms with Gasteiger partial charge in [-0.15, -0.1) is 0 Å². The van der Waals surface area contributed by atoms with Crippen LogP contribution in [0.2, 0.25) is 0 Å². The van der Waals surface area contributed by atoms with Gasteiger partial charge in [-0.1, -0.05) is 23.9 Å². The third kappa shape index (κ3) is 3.84. The first-order valence-corrected chi connectivity index (χ1v) is 9.73. The molecule has 3 aromatic rings. The number of thioether (sulfide) groups is 1. The van der Waals surface area contributed by atoms with E-state index in [-0.39, 0.29) is 5.69 Å². The molecule has 1 aliphatic heterocycles. The van der Waals surface area contributed by atoms with Gasteiger partial charge in [0.2, 0.25) is 0 Å². The van der Waals surface area contributed by atoms with Crippen molar-refractivity contribution in [1.29, 1.82) is 0 Å². The summed E-state index contributed by atoms with van der Waals surface area (Å²) in [5.41, 5.74) is 2.09. The molecule has 5 unspecified atom stereocenters. The lowest BCUT2D eigenvalue weighted by molar-refractivity contribution is -0.991. The van der Waals surface area contributed by atoms with E-state index >= 15 is 0 Å². The number of aliphatic hydroxyl groups excluding tert-OH is 3. The van der Waals surface area contributed by atoms with Gasteiger partial charge in [-0.2, -0.15) is 5.23 Å². The summed E-state index contributed by atoms with van der Waals surface area (Å²) in [6.45, 7) is -0.419. The van der Waals surface area contributed by atoms with Crippen molar-refractivity contribution >= 4 is 28.6 Å². The molecule has 0 aliphatic carbocycles. The SMILES string of the molecule is [O-][NH+](O)c1ccc(CSc2ncnc3c2ncn3C2OC(CO)C(O)C2O)cc1. The molecule has 2 aromatic heterocycles. The Morgan fingerprint density at radius 2 is 1.90 bits per heavy atom. The number of nitrogens with zero attached hydrogens (tertiary/aromatic N) is 4. The minimum absolute atomic E-state index is 0.223. The molecule has 0 spiro atoms. The molecular weight excluding hydrogens is 402 g/mol. The molecular formula is C17H19N5O6S. The van der Waals surface area contributed by atoms with E-state index in [0.717, 1.165) is 5.56 Å². The van der Waals surface area contributed by atoms with Gasteiger partial charge in [-0.3, -0.25) is 4.57 Å². The van der Waals surface area contributed by atoms with E-state index in [4.69, 9.17) is 9.94 Å². The first kappa shape index (κ1) is 20.1. The fourth-order valence-corrected chi connectivity index (χ4v) is 4.03. The van der Waals surface area contributed by atoms with Crippen molar-refractivity contribution in [3.8, 4) is 0 Å². The Kier molecular flexibility index (Phi) is 5.76. The zero-order chi connectivity index (χ0) is 20.5. The average molecular weight is 421 g/mol. The number of ether oxygens (including phenoxy) is 1.